The summed E-state index contributed by atoms with van der Waals surface area (Å²) >= 11 is 1.20. The normalized spacial score (nSPS) is 28.0. The molecule has 0 aromatic carbocycles. The van der Waals surface area contributed by atoms with Gasteiger partial charge in [-0.05, 0) is 6.92 Å². The van der Waals surface area contributed by atoms with Gasteiger partial charge < -0.3 is 5.73 Å². The monoisotopic (exact) mass is 283 g/mol. The van der Waals surface area contributed by atoms with E-state index >= 15 is 0 Å². The summed E-state index contributed by atoms with van der Waals surface area (Å²) in [5, 5.41) is 3.14. The van der Waals surface area contributed by atoms with Crippen LogP contribution in [0.1, 0.15) is 34.1 Å². The van der Waals surface area contributed by atoms with Gasteiger partial charge in [0.25, 0.3) is 11.8 Å². The second kappa shape index (κ2) is 4.01. The van der Waals surface area contributed by atoms with Crippen LogP contribution in [-0.4, -0.2) is 41.3 Å². The molecule has 0 unspecified atom stereocenters. The molecule has 2 aliphatic rings. The molecule has 0 bridgehead atoms. The Labute approximate surface area is 113 Å². The summed E-state index contributed by atoms with van der Waals surface area (Å²) in [4.78, 5) is 36.5. The topological polar surface area (TPSA) is 85.1 Å². The average Bonchev–Trinajstić information content (AvgIpc) is 2.80. The summed E-state index contributed by atoms with van der Waals surface area (Å²) < 4.78 is 0. The van der Waals surface area contributed by atoms with E-state index in [2.05, 4.69) is 0 Å². The zero-order valence-corrected chi connectivity index (χ0v) is 11.3. The lowest BCUT2D eigenvalue weighted by Gasteiger charge is -2.41. The highest BCUT2D eigenvalue weighted by molar-refractivity contribution is 7.14. The largest absolute Gasteiger partial charge is 0.390 e. The molecule has 3 heterocycles. The molecule has 0 aliphatic carbocycles. The predicted molar refractivity (Wildman–Crippen MR) is 67.1 cm³/mol. The summed E-state index contributed by atoms with van der Waals surface area (Å²) in [6.07, 6.45) is 0.405. The van der Waals surface area contributed by atoms with E-state index in [0.717, 1.165) is 4.90 Å². The molecular formula is C11H13N3O4S. The molecule has 1 atom stereocenters. The minimum atomic E-state index is -1.05. The molecule has 2 N–H and O–H groups in total. The number of nitrogen functional groups attached to an aromatic ring is 1. The summed E-state index contributed by atoms with van der Waals surface area (Å²) in [5.74, 6) is -0.776. The van der Waals surface area contributed by atoms with Gasteiger partial charge in [0.2, 0.25) is 0 Å². The van der Waals surface area contributed by atoms with E-state index in [1.54, 1.807) is 19.4 Å². The molecule has 2 amide bonds. The van der Waals surface area contributed by atoms with Gasteiger partial charge >= 0.3 is 0 Å². The van der Waals surface area contributed by atoms with Crippen LogP contribution in [0.15, 0.2) is 5.38 Å². The fourth-order valence-corrected chi connectivity index (χ4v) is 3.15. The van der Waals surface area contributed by atoms with Gasteiger partial charge in [0, 0.05) is 18.8 Å². The molecule has 1 aromatic rings. The maximum absolute atomic E-state index is 12.4. The molecule has 1 saturated heterocycles. The summed E-state index contributed by atoms with van der Waals surface area (Å²) in [7, 11) is 1.58. The number of nitrogens with two attached hydrogens (primary N) is 1. The SMILES string of the molecule is CN1OCC[C@@](C)(N2C(=O)c3csc(N)c3C2=O)O1. The molecule has 2 aliphatic heterocycles. The molecule has 7 nitrogen and oxygen atoms in total. The Morgan fingerprint density at radius 1 is 1.42 bits per heavy atom. The third-order valence-electron chi connectivity index (χ3n) is 3.31. The Balaban J connectivity index is 2.00. The van der Waals surface area contributed by atoms with Crippen LogP contribution >= 0.6 is 11.3 Å². The number of hydrogen-bond donors (Lipinski definition) is 1. The van der Waals surface area contributed by atoms with Gasteiger partial charge in [0.15, 0.2) is 5.72 Å². The highest BCUT2D eigenvalue weighted by Crippen LogP contribution is 2.39. The number of anilines is 1. The molecule has 19 heavy (non-hydrogen) atoms. The van der Waals surface area contributed by atoms with Crippen LogP contribution in [0, 0.1) is 0 Å². The third-order valence-corrected chi connectivity index (χ3v) is 4.12. The molecule has 0 saturated carbocycles. The molecule has 102 valence electrons. The van der Waals surface area contributed by atoms with Crippen molar-refractivity contribution in [3.63, 3.8) is 0 Å². The Morgan fingerprint density at radius 2 is 2.16 bits per heavy atom. The van der Waals surface area contributed by atoms with Crippen LogP contribution in [0.3, 0.4) is 0 Å². The van der Waals surface area contributed by atoms with Crippen molar-refractivity contribution in [2.24, 2.45) is 0 Å². The van der Waals surface area contributed by atoms with Crippen molar-refractivity contribution >= 4 is 28.2 Å². The van der Waals surface area contributed by atoms with Crippen LogP contribution in [-0.2, 0) is 9.68 Å². The second-order valence-electron chi connectivity index (χ2n) is 4.62. The summed E-state index contributed by atoms with van der Waals surface area (Å²) in [5.41, 5.74) is 5.34. The van der Waals surface area contributed by atoms with Gasteiger partial charge in [-0.25, -0.2) is 9.74 Å². The van der Waals surface area contributed by atoms with Crippen molar-refractivity contribution in [2.45, 2.75) is 19.1 Å². The number of carbonyl (C=O) groups is 2. The van der Waals surface area contributed by atoms with Gasteiger partial charge in [-0.1, -0.05) is 5.23 Å². The number of carbonyl (C=O) groups excluding carboxylic acids is 2. The first-order valence-electron chi connectivity index (χ1n) is 5.75. The highest BCUT2D eigenvalue weighted by atomic mass is 32.1. The highest BCUT2D eigenvalue weighted by Gasteiger charge is 2.51. The molecular weight excluding hydrogens is 270 g/mol. The van der Waals surface area contributed by atoms with E-state index in [1.807, 2.05) is 0 Å². The number of hydrogen-bond acceptors (Lipinski definition) is 7. The maximum atomic E-state index is 12.4. The lowest BCUT2D eigenvalue weighted by Crippen LogP contribution is -2.57. The number of rotatable bonds is 1. The standard InChI is InChI=1S/C11H13N3O4S/c1-11(3-4-17-13(2)18-11)14-9(15)6-5-19-8(12)7(6)10(14)16/h5H,3-4,12H2,1-2H3/t11-/m0/s1. The van der Waals surface area contributed by atoms with Gasteiger partial charge in [-0.15, -0.1) is 11.3 Å². The molecule has 0 radical (unpaired) electrons. The van der Waals surface area contributed by atoms with Crippen molar-refractivity contribution in [1.29, 1.82) is 0 Å². The lowest BCUT2D eigenvalue weighted by molar-refractivity contribution is -0.440. The molecule has 3 rings (SSSR count). The van der Waals surface area contributed by atoms with E-state index in [1.165, 1.54) is 16.6 Å². The molecule has 8 heteroatoms. The van der Waals surface area contributed by atoms with Gasteiger partial charge in [-0.2, -0.15) is 0 Å². The molecule has 1 aromatic heterocycles. The maximum Gasteiger partial charge on any atom is 0.266 e. The van der Waals surface area contributed by atoms with Crippen LogP contribution in [0.2, 0.25) is 0 Å². The van der Waals surface area contributed by atoms with Gasteiger partial charge in [-0.3, -0.25) is 14.4 Å². The van der Waals surface area contributed by atoms with Crippen LogP contribution < -0.4 is 5.73 Å². The van der Waals surface area contributed by atoms with E-state index in [4.69, 9.17) is 15.4 Å². The van der Waals surface area contributed by atoms with Crippen LogP contribution in [0.25, 0.3) is 0 Å². The summed E-state index contributed by atoms with van der Waals surface area (Å²) in [6.45, 7) is 2.06. The van der Waals surface area contributed by atoms with Crippen molar-refractivity contribution in [3.05, 3.63) is 16.5 Å². The van der Waals surface area contributed by atoms with E-state index < -0.39 is 11.6 Å². The van der Waals surface area contributed by atoms with E-state index in [0.29, 0.717) is 23.6 Å². The first kappa shape index (κ1) is 12.5. The van der Waals surface area contributed by atoms with Gasteiger partial charge in [0.1, 0.15) is 0 Å². The number of nitrogens with zero attached hydrogens (tertiary/aromatic N) is 2. The van der Waals surface area contributed by atoms with Crippen molar-refractivity contribution in [3.8, 4) is 0 Å². The van der Waals surface area contributed by atoms with Gasteiger partial charge in [0.05, 0.1) is 22.7 Å². The fraction of sp³-hybridized carbons (Fsp3) is 0.455. The minimum Gasteiger partial charge on any atom is -0.390 e. The number of amides is 2. The number of fused-ring (bicyclic) bond motifs is 1. The Morgan fingerprint density at radius 3 is 2.79 bits per heavy atom. The Bertz CT molecular complexity index is 572. The second-order valence-corrected chi connectivity index (χ2v) is 5.53. The number of imide groups is 1. The smallest absolute Gasteiger partial charge is 0.266 e. The summed E-state index contributed by atoms with van der Waals surface area (Å²) in [6, 6.07) is 0. The number of hydroxylamine groups is 2. The first-order chi connectivity index (χ1) is 8.94. The molecule has 1 fully saturated rings. The Hall–Kier alpha value is -1.48. The van der Waals surface area contributed by atoms with Crippen molar-refractivity contribution in [2.75, 3.05) is 19.4 Å². The van der Waals surface area contributed by atoms with E-state index in [9.17, 15) is 9.59 Å². The predicted octanol–water partition coefficient (Wildman–Crippen LogP) is 0.841. The van der Waals surface area contributed by atoms with Crippen LogP contribution in [0.4, 0.5) is 5.00 Å². The zero-order chi connectivity index (χ0) is 13.8. The minimum absolute atomic E-state index is 0.286. The molecule has 0 spiro atoms. The first-order valence-corrected chi connectivity index (χ1v) is 6.63. The van der Waals surface area contributed by atoms with Crippen LogP contribution in [0.5, 0.6) is 0 Å². The average molecular weight is 283 g/mol. The quantitative estimate of drug-likeness (QED) is 0.769. The fourth-order valence-electron chi connectivity index (χ4n) is 2.37. The van der Waals surface area contributed by atoms with E-state index in [-0.39, 0.29) is 11.5 Å². The Kier molecular flexibility index (Phi) is 2.65. The number of thiophene rings is 1. The van der Waals surface area contributed by atoms with Crippen molar-refractivity contribution < 1.29 is 19.3 Å². The third kappa shape index (κ3) is 1.68. The zero-order valence-electron chi connectivity index (χ0n) is 10.5. The lowest BCUT2D eigenvalue weighted by atomic mass is 10.1. The van der Waals surface area contributed by atoms with Crippen molar-refractivity contribution in [1.82, 2.24) is 10.1 Å².